The van der Waals surface area contributed by atoms with E-state index in [0.717, 1.165) is 19.1 Å². The summed E-state index contributed by atoms with van der Waals surface area (Å²) in [5.74, 6) is 0. The minimum Gasteiger partial charge on any atom is -0.292 e. The average molecular weight is 275 g/mol. The van der Waals surface area contributed by atoms with Gasteiger partial charge in [0.2, 0.25) is 0 Å². The summed E-state index contributed by atoms with van der Waals surface area (Å²) in [6, 6.07) is 3.00. The molecule has 0 spiro atoms. The highest BCUT2D eigenvalue weighted by atomic mass is 32.1. The van der Waals surface area contributed by atoms with E-state index in [4.69, 9.17) is 0 Å². The molecule has 1 aliphatic rings. The molecule has 19 heavy (non-hydrogen) atoms. The maximum absolute atomic E-state index is 4.29. The number of hydrogen-bond donors (Lipinski definition) is 0. The zero-order valence-corrected chi connectivity index (χ0v) is 12.3. The van der Waals surface area contributed by atoms with Gasteiger partial charge >= 0.3 is 0 Å². The van der Waals surface area contributed by atoms with Crippen molar-refractivity contribution in [1.82, 2.24) is 14.7 Å². The lowest BCUT2D eigenvalue weighted by Crippen LogP contribution is -2.32. The molecule has 2 aromatic rings. The zero-order valence-electron chi connectivity index (χ0n) is 11.5. The first-order valence-electron chi connectivity index (χ1n) is 7.04. The topological polar surface area (TPSA) is 21.1 Å². The molecule has 0 unspecified atom stereocenters. The number of nitrogens with zero attached hydrogens (tertiary/aromatic N) is 3. The Morgan fingerprint density at radius 1 is 1.32 bits per heavy atom. The van der Waals surface area contributed by atoms with Gasteiger partial charge in [0.25, 0.3) is 0 Å². The lowest BCUT2D eigenvalue weighted by Gasteiger charge is -2.28. The molecule has 0 aliphatic heterocycles. The summed E-state index contributed by atoms with van der Waals surface area (Å²) >= 11 is 1.79. The molecule has 4 heteroatoms. The van der Waals surface area contributed by atoms with Gasteiger partial charge in [-0.25, -0.2) is 0 Å². The van der Waals surface area contributed by atoms with Gasteiger partial charge in [-0.3, -0.25) is 9.58 Å². The standard InChI is InChI=1S/C15H21N3S/c1-17-9-14(8-16-17)11-18(15-4-2-3-5-15)10-13-6-7-19-12-13/h6-9,12,15H,2-5,10-11H2,1H3. The first kappa shape index (κ1) is 12.9. The third-order valence-corrected chi connectivity index (χ3v) is 4.68. The van der Waals surface area contributed by atoms with Crippen LogP contribution in [0.5, 0.6) is 0 Å². The van der Waals surface area contributed by atoms with Crippen molar-refractivity contribution in [2.45, 2.75) is 44.8 Å². The van der Waals surface area contributed by atoms with Crippen LogP contribution in [0, 0.1) is 0 Å². The third-order valence-electron chi connectivity index (χ3n) is 3.95. The van der Waals surface area contributed by atoms with E-state index in [1.807, 2.05) is 17.9 Å². The summed E-state index contributed by atoms with van der Waals surface area (Å²) in [5.41, 5.74) is 2.77. The van der Waals surface area contributed by atoms with E-state index in [1.165, 1.54) is 36.8 Å². The van der Waals surface area contributed by atoms with Crippen molar-refractivity contribution < 1.29 is 0 Å². The van der Waals surface area contributed by atoms with Gasteiger partial charge in [0.15, 0.2) is 0 Å². The Morgan fingerprint density at radius 3 is 2.74 bits per heavy atom. The number of aryl methyl sites for hydroxylation is 1. The van der Waals surface area contributed by atoms with Gasteiger partial charge in [-0.1, -0.05) is 12.8 Å². The van der Waals surface area contributed by atoms with Gasteiger partial charge in [0.05, 0.1) is 6.20 Å². The Labute approximate surface area is 118 Å². The Kier molecular flexibility index (Phi) is 3.99. The number of thiophene rings is 1. The monoisotopic (exact) mass is 275 g/mol. The van der Waals surface area contributed by atoms with Crippen LogP contribution in [0.4, 0.5) is 0 Å². The molecule has 0 radical (unpaired) electrons. The molecule has 1 fully saturated rings. The van der Waals surface area contributed by atoms with Crippen LogP contribution in [0.2, 0.25) is 0 Å². The highest BCUT2D eigenvalue weighted by molar-refractivity contribution is 7.07. The van der Waals surface area contributed by atoms with Crippen LogP contribution in [0.15, 0.2) is 29.2 Å². The van der Waals surface area contributed by atoms with Crippen LogP contribution in [-0.4, -0.2) is 20.7 Å². The summed E-state index contributed by atoms with van der Waals surface area (Å²) in [7, 11) is 1.99. The average Bonchev–Trinajstić information content (AvgIpc) is 3.10. The summed E-state index contributed by atoms with van der Waals surface area (Å²) in [5, 5.41) is 8.73. The molecule has 3 nitrogen and oxygen atoms in total. The van der Waals surface area contributed by atoms with Gasteiger partial charge in [-0.2, -0.15) is 16.4 Å². The molecule has 0 saturated heterocycles. The Bertz CT molecular complexity index is 497. The molecule has 0 bridgehead atoms. The fraction of sp³-hybridized carbons (Fsp3) is 0.533. The lowest BCUT2D eigenvalue weighted by molar-refractivity contribution is 0.181. The highest BCUT2D eigenvalue weighted by Gasteiger charge is 2.23. The molecule has 1 saturated carbocycles. The second-order valence-electron chi connectivity index (χ2n) is 5.50. The van der Waals surface area contributed by atoms with Crippen molar-refractivity contribution in [3.8, 4) is 0 Å². The molecular weight excluding hydrogens is 254 g/mol. The molecule has 102 valence electrons. The van der Waals surface area contributed by atoms with Gasteiger partial charge < -0.3 is 0 Å². The minimum absolute atomic E-state index is 0.750. The maximum Gasteiger partial charge on any atom is 0.0534 e. The van der Waals surface area contributed by atoms with Crippen LogP contribution >= 0.6 is 11.3 Å². The van der Waals surface area contributed by atoms with E-state index < -0.39 is 0 Å². The largest absolute Gasteiger partial charge is 0.292 e. The number of hydrogen-bond acceptors (Lipinski definition) is 3. The quantitative estimate of drug-likeness (QED) is 0.833. The molecule has 2 heterocycles. The third kappa shape index (κ3) is 3.25. The number of aromatic nitrogens is 2. The fourth-order valence-corrected chi connectivity index (χ4v) is 3.65. The first-order valence-corrected chi connectivity index (χ1v) is 7.98. The maximum atomic E-state index is 4.29. The van der Waals surface area contributed by atoms with Crippen LogP contribution in [0.1, 0.15) is 36.8 Å². The van der Waals surface area contributed by atoms with E-state index in [1.54, 1.807) is 11.3 Å². The molecule has 0 N–H and O–H groups in total. The molecule has 0 aromatic carbocycles. The SMILES string of the molecule is Cn1cc(CN(Cc2ccsc2)C2CCCC2)cn1. The molecule has 2 aromatic heterocycles. The molecule has 3 rings (SSSR count). The van der Waals surface area contributed by atoms with Gasteiger partial charge in [-0.05, 0) is 35.2 Å². The van der Waals surface area contributed by atoms with Crippen molar-refractivity contribution in [3.05, 3.63) is 40.3 Å². The Hall–Kier alpha value is -1.13. The van der Waals surface area contributed by atoms with E-state index >= 15 is 0 Å². The zero-order chi connectivity index (χ0) is 13.1. The normalized spacial score (nSPS) is 16.5. The van der Waals surface area contributed by atoms with Gasteiger partial charge in [0.1, 0.15) is 0 Å². The molecular formula is C15H21N3S. The second-order valence-corrected chi connectivity index (χ2v) is 6.28. The highest BCUT2D eigenvalue weighted by Crippen LogP contribution is 2.26. The minimum atomic E-state index is 0.750. The van der Waals surface area contributed by atoms with Crippen LogP contribution in [0.25, 0.3) is 0 Å². The van der Waals surface area contributed by atoms with Crippen LogP contribution < -0.4 is 0 Å². The molecule has 0 amide bonds. The van der Waals surface area contributed by atoms with Crippen LogP contribution in [-0.2, 0) is 20.1 Å². The Morgan fingerprint density at radius 2 is 2.11 bits per heavy atom. The smallest absolute Gasteiger partial charge is 0.0534 e. The van der Waals surface area contributed by atoms with E-state index in [2.05, 4.69) is 33.0 Å². The van der Waals surface area contributed by atoms with E-state index in [9.17, 15) is 0 Å². The summed E-state index contributed by atoms with van der Waals surface area (Å²) in [4.78, 5) is 2.63. The van der Waals surface area contributed by atoms with Crippen molar-refractivity contribution >= 4 is 11.3 Å². The summed E-state index contributed by atoms with van der Waals surface area (Å²) in [6.07, 6.45) is 9.61. The van der Waals surface area contributed by atoms with Crippen molar-refractivity contribution in [2.75, 3.05) is 0 Å². The van der Waals surface area contributed by atoms with Crippen LogP contribution in [0.3, 0.4) is 0 Å². The van der Waals surface area contributed by atoms with Gasteiger partial charge in [-0.15, -0.1) is 0 Å². The predicted molar refractivity (Wildman–Crippen MR) is 79.0 cm³/mol. The van der Waals surface area contributed by atoms with Crippen molar-refractivity contribution in [2.24, 2.45) is 7.05 Å². The predicted octanol–water partition coefficient (Wildman–Crippen LogP) is 3.43. The number of rotatable bonds is 5. The molecule has 0 atom stereocenters. The lowest BCUT2D eigenvalue weighted by atomic mass is 10.1. The van der Waals surface area contributed by atoms with E-state index in [-0.39, 0.29) is 0 Å². The van der Waals surface area contributed by atoms with Gasteiger partial charge in [0, 0.05) is 37.9 Å². The van der Waals surface area contributed by atoms with Crippen molar-refractivity contribution in [1.29, 1.82) is 0 Å². The molecule has 1 aliphatic carbocycles. The Balaban J connectivity index is 1.71. The summed E-state index contributed by atoms with van der Waals surface area (Å²) in [6.45, 7) is 2.09. The van der Waals surface area contributed by atoms with E-state index in [0.29, 0.717) is 0 Å². The second kappa shape index (κ2) is 5.88. The summed E-state index contributed by atoms with van der Waals surface area (Å²) < 4.78 is 1.90. The van der Waals surface area contributed by atoms with Crippen molar-refractivity contribution in [3.63, 3.8) is 0 Å². The fourth-order valence-electron chi connectivity index (χ4n) is 2.99. The first-order chi connectivity index (χ1) is 9.31.